The summed E-state index contributed by atoms with van der Waals surface area (Å²) >= 11 is -2.88. The van der Waals surface area contributed by atoms with Crippen LogP contribution in [-0.4, -0.2) is 40.5 Å². The van der Waals surface area contributed by atoms with Gasteiger partial charge in [-0.3, -0.25) is 0 Å². The number of carbonyl (C=O) groups is 1. The summed E-state index contributed by atoms with van der Waals surface area (Å²) in [5.41, 5.74) is 0.979. The molecule has 0 fully saturated rings. The number of halogens is 2. The van der Waals surface area contributed by atoms with E-state index >= 15 is 0 Å². The van der Waals surface area contributed by atoms with E-state index in [1.807, 2.05) is 37.3 Å². The molecule has 22 heavy (non-hydrogen) atoms. The molecule has 1 aromatic rings. The Morgan fingerprint density at radius 1 is 1.36 bits per heavy atom. The number of carbonyl (C=O) groups excluding carboxylic acids is 1. The van der Waals surface area contributed by atoms with Crippen LogP contribution < -0.4 is 4.46 Å². The molecule has 0 aromatic heterocycles. The standard InChI is InChI=1S/C15H20Cl2N2O2Se/c1-3-12-10-13(19(18-12)15(20)21-4-2)11-22(16,17)14-8-6-5-7-9-14/h5-9,13H,3-4,10-11H2,1-2H3. The maximum absolute atomic E-state index is 12.1. The zero-order chi connectivity index (χ0) is 16.2. The summed E-state index contributed by atoms with van der Waals surface area (Å²) in [7, 11) is 13.3. The number of ether oxygens (including phenoxy) is 1. The van der Waals surface area contributed by atoms with E-state index in [0.717, 1.165) is 16.6 Å². The molecule has 0 saturated heterocycles. The summed E-state index contributed by atoms with van der Waals surface area (Å²) in [5, 5.41) is 6.34. The van der Waals surface area contributed by atoms with Crippen LogP contribution in [0, 0.1) is 0 Å². The first kappa shape index (κ1) is 17.6. The van der Waals surface area contributed by atoms with Crippen LogP contribution in [0.1, 0.15) is 26.7 Å². The molecule has 0 bridgehead atoms. The third-order valence-electron chi connectivity index (χ3n) is 3.42. The molecule has 1 atom stereocenters. The molecule has 7 heteroatoms. The molecule has 2 rings (SSSR count). The number of benzene rings is 1. The van der Waals surface area contributed by atoms with Gasteiger partial charge in [0.05, 0.1) is 0 Å². The average Bonchev–Trinajstić information content (AvgIpc) is 2.91. The molecule has 1 amide bonds. The second-order valence-electron chi connectivity index (χ2n) is 4.98. The van der Waals surface area contributed by atoms with E-state index in [1.165, 1.54) is 5.01 Å². The zero-order valence-electron chi connectivity index (χ0n) is 12.7. The van der Waals surface area contributed by atoms with Gasteiger partial charge in [0, 0.05) is 0 Å². The molecule has 0 aliphatic carbocycles. The molecular weight excluding hydrogens is 390 g/mol. The van der Waals surface area contributed by atoms with Gasteiger partial charge in [-0.15, -0.1) is 0 Å². The topological polar surface area (TPSA) is 41.9 Å². The predicted octanol–water partition coefficient (Wildman–Crippen LogP) is 3.81. The Morgan fingerprint density at radius 3 is 2.64 bits per heavy atom. The summed E-state index contributed by atoms with van der Waals surface area (Å²) < 4.78 is 6.05. The Bertz CT molecular complexity index is 552. The van der Waals surface area contributed by atoms with E-state index < -0.39 is 17.1 Å². The second-order valence-corrected chi connectivity index (χ2v) is 15.4. The van der Waals surface area contributed by atoms with Crippen molar-refractivity contribution in [3.05, 3.63) is 30.3 Å². The van der Waals surface area contributed by atoms with Gasteiger partial charge in [0.2, 0.25) is 0 Å². The van der Waals surface area contributed by atoms with Crippen molar-refractivity contribution in [2.45, 2.75) is 38.1 Å². The van der Waals surface area contributed by atoms with Gasteiger partial charge in [-0.25, -0.2) is 0 Å². The van der Waals surface area contributed by atoms with Gasteiger partial charge in [-0.2, -0.15) is 0 Å². The Morgan fingerprint density at radius 2 is 2.05 bits per heavy atom. The van der Waals surface area contributed by atoms with Gasteiger partial charge in [0.15, 0.2) is 0 Å². The molecule has 1 heterocycles. The molecule has 0 spiro atoms. The molecule has 0 saturated carbocycles. The Hall–Kier alpha value is -0.741. The predicted molar refractivity (Wildman–Crippen MR) is 93.3 cm³/mol. The molecule has 0 radical (unpaired) electrons. The van der Waals surface area contributed by atoms with Crippen LogP contribution in [0.4, 0.5) is 4.79 Å². The molecule has 1 aliphatic heterocycles. The van der Waals surface area contributed by atoms with Gasteiger partial charge in [0.1, 0.15) is 0 Å². The summed E-state index contributed by atoms with van der Waals surface area (Å²) in [6.45, 7) is 4.12. The average molecular weight is 410 g/mol. The van der Waals surface area contributed by atoms with Crippen molar-refractivity contribution in [3.8, 4) is 0 Å². The van der Waals surface area contributed by atoms with Crippen LogP contribution in [0.15, 0.2) is 35.4 Å². The maximum atomic E-state index is 12.1. The van der Waals surface area contributed by atoms with E-state index in [9.17, 15) is 4.79 Å². The molecule has 1 aromatic carbocycles. The van der Waals surface area contributed by atoms with Gasteiger partial charge < -0.3 is 0 Å². The van der Waals surface area contributed by atoms with Crippen molar-refractivity contribution in [1.29, 1.82) is 0 Å². The zero-order valence-corrected chi connectivity index (χ0v) is 15.9. The fraction of sp³-hybridized carbons (Fsp3) is 0.467. The summed E-state index contributed by atoms with van der Waals surface area (Å²) in [5.74, 6) is 0. The van der Waals surface area contributed by atoms with Gasteiger partial charge in [-0.05, 0) is 0 Å². The number of hydrogen-bond donors (Lipinski definition) is 0. The summed E-state index contributed by atoms with van der Waals surface area (Å²) in [6.07, 6.45) is 1.09. The third-order valence-corrected chi connectivity index (χ3v) is 10.3. The molecule has 1 unspecified atom stereocenters. The second kappa shape index (κ2) is 7.69. The molecule has 122 valence electrons. The van der Waals surface area contributed by atoms with Crippen molar-refractivity contribution >= 4 is 47.5 Å². The summed E-state index contributed by atoms with van der Waals surface area (Å²) in [4.78, 5) is 12.1. The van der Waals surface area contributed by atoms with E-state index in [4.69, 9.17) is 24.9 Å². The van der Waals surface area contributed by atoms with Crippen molar-refractivity contribution in [2.75, 3.05) is 6.61 Å². The first-order valence-electron chi connectivity index (χ1n) is 7.25. The van der Waals surface area contributed by atoms with Crippen LogP contribution in [0.5, 0.6) is 0 Å². The van der Waals surface area contributed by atoms with E-state index in [-0.39, 0.29) is 6.04 Å². The minimum absolute atomic E-state index is 0.121. The third kappa shape index (κ3) is 4.17. The molecular formula is C15H20Cl2N2O2Se. The van der Waals surface area contributed by atoms with E-state index in [2.05, 4.69) is 5.10 Å². The van der Waals surface area contributed by atoms with Gasteiger partial charge in [0.25, 0.3) is 0 Å². The van der Waals surface area contributed by atoms with Crippen molar-refractivity contribution in [2.24, 2.45) is 5.10 Å². The number of rotatable bonds is 5. The quantitative estimate of drug-likeness (QED) is 0.693. The van der Waals surface area contributed by atoms with Crippen molar-refractivity contribution in [3.63, 3.8) is 0 Å². The van der Waals surface area contributed by atoms with Crippen LogP contribution in [0.2, 0.25) is 5.32 Å². The fourth-order valence-electron chi connectivity index (χ4n) is 2.31. The number of amides is 1. The monoisotopic (exact) mass is 410 g/mol. The SMILES string of the molecule is CCOC(=O)N1N=C(CC)CC1C[Se](Cl)(Cl)c1ccccc1. The van der Waals surface area contributed by atoms with Crippen LogP contribution >= 0.6 is 20.2 Å². The fourth-order valence-corrected chi connectivity index (χ4v) is 8.02. The van der Waals surface area contributed by atoms with Gasteiger partial charge in [-0.1, -0.05) is 0 Å². The molecule has 1 aliphatic rings. The Balaban J connectivity index is 2.15. The van der Waals surface area contributed by atoms with Crippen LogP contribution in [0.25, 0.3) is 0 Å². The molecule has 0 N–H and O–H groups in total. The summed E-state index contributed by atoms with van der Waals surface area (Å²) in [6, 6.07) is 9.57. The Labute approximate surface area is 142 Å². The van der Waals surface area contributed by atoms with Crippen molar-refractivity contribution in [1.82, 2.24) is 5.01 Å². The first-order chi connectivity index (χ1) is 10.5. The van der Waals surface area contributed by atoms with Crippen LogP contribution in [-0.2, 0) is 4.74 Å². The number of hydrazone groups is 1. The van der Waals surface area contributed by atoms with Crippen molar-refractivity contribution < 1.29 is 9.53 Å². The first-order valence-corrected chi connectivity index (χ1v) is 13.8. The van der Waals surface area contributed by atoms with E-state index in [1.54, 1.807) is 6.92 Å². The minimum atomic E-state index is -2.88. The number of nitrogens with zero attached hydrogens (tertiary/aromatic N) is 2. The number of hydrogen-bond acceptors (Lipinski definition) is 3. The van der Waals surface area contributed by atoms with Crippen LogP contribution in [0.3, 0.4) is 0 Å². The molecule has 4 nitrogen and oxygen atoms in total. The Kier molecular flexibility index (Phi) is 6.16. The van der Waals surface area contributed by atoms with E-state index in [0.29, 0.717) is 18.3 Å². The normalized spacial score (nSPS) is 19.0. The van der Waals surface area contributed by atoms with Gasteiger partial charge >= 0.3 is 142 Å².